The first-order chi connectivity index (χ1) is 14.0. The summed E-state index contributed by atoms with van der Waals surface area (Å²) in [7, 11) is 1.57. The molecule has 0 aliphatic carbocycles. The Morgan fingerprint density at radius 3 is 2.59 bits per heavy atom. The summed E-state index contributed by atoms with van der Waals surface area (Å²) in [6, 6.07) is 14.3. The zero-order valence-electron chi connectivity index (χ0n) is 15.7. The van der Waals surface area contributed by atoms with E-state index in [1.807, 2.05) is 12.1 Å². The summed E-state index contributed by atoms with van der Waals surface area (Å²) in [5, 5.41) is 17.4. The van der Waals surface area contributed by atoms with Crippen LogP contribution in [0, 0.1) is 0 Å². The molecular weight excluding hydrogens is 374 g/mol. The van der Waals surface area contributed by atoms with Crippen LogP contribution in [-0.2, 0) is 19.9 Å². The number of benzene rings is 2. The van der Waals surface area contributed by atoms with E-state index < -0.39 is 17.4 Å². The van der Waals surface area contributed by atoms with Crippen molar-refractivity contribution in [1.82, 2.24) is 5.01 Å². The second-order valence-electron chi connectivity index (χ2n) is 6.91. The van der Waals surface area contributed by atoms with Crippen LogP contribution < -0.4 is 10.1 Å². The molecule has 2 heterocycles. The molecule has 0 bridgehead atoms. The van der Waals surface area contributed by atoms with E-state index in [1.54, 1.807) is 43.5 Å². The Balaban J connectivity index is 1.77. The number of carbonyl (C=O) groups excluding carboxylic acids is 2. The van der Waals surface area contributed by atoms with Crippen molar-refractivity contribution in [3.63, 3.8) is 0 Å². The Morgan fingerprint density at radius 1 is 1.17 bits per heavy atom. The summed E-state index contributed by atoms with van der Waals surface area (Å²) in [5.74, 6) is -1.26. The van der Waals surface area contributed by atoms with Crippen LogP contribution in [0.2, 0.25) is 0 Å². The number of nitrogens with one attached hydrogen (secondary N) is 1. The molecular formula is C21H19N3O5. The number of aliphatic carboxylic acids is 1. The van der Waals surface area contributed by atoms with Crippen molar-refractivity contribution < 1.29 is 24.2 Å². The zero-order valence-corrected chi connectivity index (χ0v) is 15.7. The summed E-state index contributed by atoms with van der Waals surface area (Å²) in [4.78, 5) is 36.9. The van der Waals surface area contributed by atoms with Gasteiger partial charge in [-0.2, -0.15) is 5.10 Å². The molecule has 2 aliphatic heterocycles. The molecule has 1 atom stereocenters. The highest BCUT2D eigenvalue weighted by atomic mass is 16.5. The first kappa shape index (κ1) is 18.7. The van der Waals surface area contributed by atoms with Gasteiger partial charge in [-0.05, 0) is 35.9 Å². The number of hydrogen-bond donors (Lipinski definition) is 2. The monoisotopic (exact) mass is 393 g/mol. The van der Waals surface area contributed by atoms with Crippen molar-refractivity contribution in [1.29, 1.82) is 0 Å². The SMILES string of the molecule is COc1ccc(C2=NN(C(=O)CCC(=O)O)[C@]3(C2)C(=O)Nc2ccccc23)cc1. The summed E-state index contributed by atoms with van der Waals surface area (Å²) < 4.78 is 5.18. The molecule has 148 valence electrons. The minimum Gasteiger partial charge on any atom is -0.497 e. The highest BCUT2D eigenvalue weighted by molar-refractivity contribution is 6.15. The fourth-order valence-electron chi connectivity index (χ4n) is 3.78. The second kappa shape index (κ2) is 7.05. The van der Waals surface area contributed by atoms with Gasteiger partial charge in [0.15, 0.2) is 5.54 Å². The molecule has 0 fully saturated rings. The van der Waals surface area contributed by atoms with Crippen molar-refractivity contribution in [2.45, 2.75) is 24.8 Å². The number of amides is 2. The number of carbonyl (C=O) groups is 3. The molecule has 2 N–H and O–H groups in total. The lowest BCUT2D eigenvalue weighted by Crippen LogP contribution is -2.48. The minimum absolute atomic E-state index is 0.195. The summed E-state index contributed by atoms with van der Waals surface area (Å²) >= 11 is 0. The quantitative estimate of drug-likeness (QED) is 0.811. The maximum atomic E-state index is 13.1. The van der Waals surface area contributed by atoms with E-state index in [0.29, 0.717) is 22.7 Å². The fourth-order valence-corrected chi connectivity index (χ4v) is 3.78. The number of carboxylic acid groups (broad SMARTS) is 1. The topological polar surface area (TPSA) is 108 Å². The van der Waals surface area contributed by atoms with Crippen LogP contribution in [0.5, 0.6) is 5.75 Å². The van der Waals surface area contributed by atoms with Crippen LogP contribution in [0.25, 0.3) is 0 Å². The van der Waals surface area contributed by atoms with Gasteiger partial charge in [0.1, 0.15) is 5.75 Å². The Kier molecular flexibility index (Phi) is 4.54. The van der Waals surface area contributed by atoms with Crippen molar-refractivity contribution in [2.75, 3.05) is 12.4 Å². The molecule has 0 aromatic heterocycles. The van der Waals surface area contributed by atoms with Crippen molar-refractivity contribution in [2.24, 2.45) is 5.10 Å². The fraction of sp³-hybridized carbons (Fsp3) is 0.238. The van der Waals surface area contributed by atoms with Crippen molar-refractivity contribution >= 4 is 29.2 Å². The molecule has 29 heavy (non-hydrogen) atoms. The predicted octanol–water partition coefficient (Wildman–Crippen LogP) is 2.34. The molecule has 8 nitrogen and oxygen atoms in total. The Morgan fingerprint density at radius 2 is 1.90 bits per heavy atom. The number of para-hydroxylation sites is 1. The minimum atomic E-state index is -1.32. The maximum absolute atomic E-state index is 13.1. The van der Waals surface area contributed by atoms with Crippen LogP contribution in [0.15, 0.2) is 53.6 Å². The van der Waals surface area contributed by atoms with Crippen LogP contribution in [-0.4, -0.2) is 40.7 Å². The van der Waals surface area contributed by atoms with Gasteiger partial charge in [-0.3, -0.25) is 14.4 Å². The number of hydrogen-bond acceptors (Lipinski definition) is 5. The number of ether oxygens (including phenoxy) is 1. The van der Waals surface area contributed by atoms with Crippen molar-refractivity contribution in [3.8, 4) is 5.75 Å². The Bertz CT molecular complexity index is 1030. The number of hydrazone groups is 1. The molecule has 0 radical (unpaired) electrons. The number of methoxy groups -OCH3 is 1. The van der Waals surface area contributed by atoms with Gasteiger partial charge < -0.3 is 15.2 Å². The van der Waals surface area contributed by atoms with Crippen LogP contribution >= 0.6 is 0 Å². The Labute approximate surface area is 166 Å². The highest BCUT2D eigenvalue weighted by Crippen LogP contribution is 2.47. The molecule has 0 saturated carbocycles. The maximum Gasteiger partial charge on any atom is 0.303 e. The van der Waals surface area contributed by atoms with E-state index in [4.69, 9.17) is 9.84 Å². The van der Waals surface area contributed by atoms with E-state index in [2.05, 4.69) is 10.4 Å². The van der Waals surface area contributed by atoms with Gasteiger partial charge in [0, 0.05) is 24.1 Å². The molecule has 1 spiro atoms. The second-order valence-corrected chi connectivity index (χ2v) is 6.91. The molecule has 0 unspecified atom stereocenters. The predicted molar refractivity (Wildman–Crippen MR) is 105 cm³/mol. The van der Waals surface area contributed by atoms with Gasteiger partial charge in [0.05, 0.1) is 19.2 Å². The molecule has 4 rings (SSSR count). The number of carboxylic acids is 1. The van der Waals surface area contributed by atoms with Crippen LogP contribution in [0.1, 0.15) is 30.4 Å². The third kappa shape index (κ3) is 3.02. The number of nitrogens with zero attached hydrogens (tertiary/aromatic N) is 2. The smallest absolute Gasteiger partial charge is 0.303 e. The summed E-state index contributed by atoms with van der Waals surface area (Å²) in [6.07, 6.45) is -0.380. The first-order valence-electron chi connectivity index (χ1n) is 9.13. The molecule has 0 saturated heterocycles. The van der Waals surface area contributed by atoms with Gasteiger partial charge in [-0.25, -0.2) is 5.01 Å². The van der Waals surface area contributed by atoms with E-state index in [-0.39, 0.29) is 25.2 Å². The normalized spacial score (nSPS) is 19.7. The van der Waals surface area contributed by atoms with Gasteiger partial charge in [0.2, 0.25) is 5.91 Å². The third-order valence-electron chi connectivity index (χ3n) is 5.21. The lowest BCUT2D eigenvalue weighted by atomic mass is 9.85. The van der Waals surface area contributed by atoms with Crippen LogP contribution in [0.3, 0.4) is 0 Å². The largest absolute Gasteiger partial charge is 0.497 e. The first-order valence-corrected chi connectivity index (χ1v) is 9.13. The van der Waals surface area contributed by atoms with Crippen LogP contribution in [0.4, 0.5) is 5.69 Å². The lowest BCUT2D eigenvalue weighted by Gasteiger charge is -2.30. The van der Waals surface area contributed by atoms with Gasteiger partial charge in [-0.15, -0.1) is 0 Å². The van der Waals surface area contributed by atoms with E-state index in [1.165, 1.54) is 0 Å². The average molecular weight is 393 g/mol. The number of anilines is 1. The number of rotatable bonds is 5. The lowest BCUT2D eigenvalue weighted by molar-refractivity contribution is -0.146. The van der Waals surface area contributed by atoms with E-state index in [0.717, 1.165) is 10.6 Å². The molecule has 2 amide bonds. The summed E-state index contributed by atoms with van der Waals surface area (Å²) in [5.41, 5.74) is 1.29. The van der Waals surface area contributed by atoms with Gasteiger partial charge in [0.25, 0.3) is 5.91 Å². The van der Waals surface area contributed by atoms with Crippen molar-refractivity contribution in [3.05, 3.63) is 59.7 Å². The molecule has 2 aromatic carbocycles. The average Bonchev–Trinajstić information content (AvgIpc) is 3.26. The summed E-state index contributed by atoms with van der Waals surface area (Å²) in [6.45, 7) is 0. The van der Waals surface area contributed by atoms with E-state index in [9.17, 15) is 14.4 Å². The third-order valence-corrected chi connectivity index (χ3v) is 5.21. The van der Waals surface area contributed by atoms with Gasteiger partial charge in [-0.1, -0.05) is 18.2 Å². The molecule has 2 aromatic rings. The van der Waals surface area contributed by atoms with E-state index >= 15 is 0 Å². The Hall–Kier alpha value is -3.68. The molecule has 2 aliphatic rings. The zero-order chi connectivity index (χ0) is 20.6. The highest BCUT2D eigenvalue weighted by Gasteiger charge is 2.57. The molecule has 8 heteroatoms. The van der Waals surface area contributed by atoms with Gasteiger partial charge >= 0.3 is 5.97 Å². The number of fused-ring (bicyclic) bond motifs is 2. The standard InChI is InChI=1S/C21H19N3O5/c1-29-14-8-6-13(7-9-14)17-12-21(24(23-17)18(25)10-11-19(26)27)15-4-2-3-5-16(15)22-20(21)28/h2-9H,10-12H2,1H3,(H,22,28)(H,26,27)/t21-/m0/s1.